The van der Waals surface area contributed by atoms with Crippen molar-refractivity contribution in [2.24, 2.45) is 0 Å². The van der Waals surface area contributed by atoms with E-state index >= 15 is 0 Å². The van der Waals surface area contributed by atoms with E-state index in [1.165, 1.54) is 0 Å². The van der Waals surface area contributed by atoms with Crippen LogP contribution in [0.25, 0.3) is 0 Å². The Bertz CT molecular complexity index is 310. The van der Waals surface area contributed by atoms with Crippen LogP contribution in [0.3, 0.4) is 0 Å². The molecule has 0 radical (unpaired) electrons. The van der Waals surface area contributed by atoms with Crippen molar-refractivity contribution >= 4 is 11.6 Å². The normalized spacial score (nSPS) is 20.2. The van der Waals surface area contributed by atoms with Gasteiger partial charge in [-0.15, -0.1) is 17.1 Å². The van der Waals surface area contributed by atoms with Crippen LogP contribution in [0.15, 0.2) is 30.7 Å². The van der Waals surface area contributed by atoms with Gasteiger partial charge in [0.2, 0.25) is 0 Å². The van der Waals surface area contributed by atoms with Crippen molar-refractivity contribution in [1.82, 2.24) is 10.5 Å². The first-order valence-corrected chi connectivity index (χ1v) is 4.52. The summed E-state index contributed by atoms with van der Waals surface area (Å²) < 4.78 is 0. The van der Waals surface area contributed by atoms with Gasteiger partial charge in [0.25, 0.3) is 0 Å². The van der Waals surface area contributed by atoms with E-state index in [1.54, 1.807) is 12.5 Å². The highest BCUT2D eigenvalue weighted by atomic mass is 35.5. The highest BCUT2D eigenvalue weighted by molar-refractivity contribution is 6.16. The summed E-state index contributed by atoms with van der Waals surface area (Å²) in [6.07, 6.45) is 5.35. The van der Waals surface area contributed by atoms with Gasteiger partial charge < -0.3 is 4.84 Å². The number of rotatable bonds is 2. The zero-order valence-electron chi connectivity index (χ0n) is 6.90. The quantitative estimate of drug-likeness (QED) is 0.734. The molecule has 1 atom stereocenters. The van der Waals surface area contributed by atoms with Gasteiger partial charge in [0.15, 0.2) is 0 Å². The van der Waals surface area contributed by atoms with Crippen LogP contribution in [-0.2, 0) is 10.7 Å². The molecule has 1 unspecified atom stereocenters. The highest BCUT2D eigenvalue weighted by Crippen LogP contribution is 2.17. The second-order valence-electron chi connectivity index (χ2n) is 2.76. The lowest BCUT2D eigenvalue weighted by molar-refractivity contribution is 0.142. The van der Waals surface area contributed by atoms with Crippen molar-refractivity contribution in [3.8, 4) is 0 Å². The maximum absolute atomic E-state index is 5.62. The summed E-state index contributed by atoms with van der Waals surface area (Å²) in [6, 6.07) is 4.01. The number of hydrogen-bond acceptors (Lipinski definition) is 3. The summed E-state index contributed by atoms with van der Waals surface area (Å²) in [5, 5.41) is 0. The number of halogens is 1. The van der Waals surface area contributed by atoms with Crippen molar-refractivity contribution in [2.45, 2.75) is 11.9 Å². The fourth-order valence-electron chi connectivity index (χ4n) is 1.15. The van der Waals surface area contributed by atoms with Crippen molar-refractivity contribution in [1.29, 1.82) is 0 Å². The van der Waals surface area contributed by atoms with Crippen LogP contribution in [0.5, 0.6) is 0 Å². The second kappa shape index (κ2) is 3.77. The maximum Gasteiger partial charge on any atom is 0.109 e. The number of hydroxylamine groups is 1. The molecule has 68 valence electrons. The predicted octanol–water partition coefficient (Wildman–Crippen LogP) is 1.91. The van der Waals surface area contributed by atoms with Crippen LogP contribution in [-0.4, -0.2) is 4.98 Å². The Labute approximate surface area is 81.3 Å². The van der Waals surface area contributed by atoms with Gasteiger partial charge in [-0.25, -0.2) is 0 Å². The summed E-state index contributed by atoms with van der Waals surface area (Å²) in [4.78, 5) is 9.06. The first-order valence-electron chi connectivity index (χ1n) is 3.99. The largest absolute Gasteiger partial charge is 0.416 e. The van der Waals surface area contributed by atoms with Crippen LogP contribution in [0.4, 0.5) is 0 Å². The molecule has 4 heteroatoms. The molecule has 0 spiro atoms. The average molecular weight is 197 g/mol. The Hall–Kier alpha value is -1.06. The second-order valence-corrected chi connectivity index (χ2v) is 3.03. The van der Waals surface area contributed by atoms with Crippen molar-refractivity contribution in [3.05, 3.63) is 41.9 Å². The van der Waals surface area contributed by atoms with Crippen molar-refractivity contribution in [3.63, 3.8) is 0 Å². The fourth-order valence-corrected chi connectivity index (χ4v) is 1.31. The van der Waals surface area contributed by atoms with E-state index in [4.69, 9.17) is 16.4 Å². The first kappa shape index (κ1) is 8.53. The van der Waals surface area contributed by atoms with E-state index in [1.807, 2.05) is 18.2 Å². The zero-order chi connectivity index (χ0) is 9.10. The molecule has 2 heterocycles. The molecule has 3 nitrogen and oxygen atoms in total. The molecule has 1 aliphatic heterocycles. The lowest BCUT2D eigenvalue weighted by Crippen LogP contribution is -2.12. The fraction of sp³-hybridized carbons (Fsp3) is 0.222. The third-order valence-electron chi connectivity index (χ3n) is 1.88. The van der Waals surface area contributed by atoms with E-state index < -0.39 is 0 Å². The Morgan fingerprint density at radius 1 is 1.54 bits per heavy atom. The van der Waals surface area contributed by atoms with Gasteiger partial charge in [0.05, 0.1) is 17.6 Å². The molecule has 0 fully saturated rings. The minimum atomic E-state index is 0.108. The van der Waals surface area contributed by atoms with E-state index in [0.29, 0.717) is 5.88 Å². The summed E-state index contributed by atoms with van der Waals surface area (Å²) in [5.74, 6) is 0.449. The molecule has 1 aliphatic rings. The minimum Gasteiger partial charge on any atom is -0.416 e. The van der Waals surface area contributed by atoms with Gasteiger partial charge in [-0.3, -0.25) is 4.98 Å². The summed E-state index contributed by atoms with van der Waals surface area (Å²) in [7, 11) is 0. The van der Waals surface area contributed by atoms with Crippen molar-refractivity contribution < 1.29 is 4.84 Å². The number of nitrogens with one attached hydrogen (secondary N) is 1. The predicted molar refractivity (Wildman–Crippen MR) is 49.9 cm³/mol. The maximum atomic E-state index is 5.62. The smallest absolute Gasteiger partial charge is 0.109 e. The van der Waals surface area contributed by atoms with Gasteiger partial charge >= 0.3 is 0 Å². The molecular formula is C9H9ClN2O. The number of nitrogens with zero attached hydrogens (tertiary/aromatic N) is 1. The number of hydrogen-bond donors (Lipinski definition) is 1. The molecule has 1 aromatic rings. The Morgan fingerprint density at radius 2 is 2.46 bits per heavy atom. The number of pyridine rings is 1. The average Bonchev–Trinajstić information content (AvgIpc) is 2.71. The Kier molecular flexibility index (Phi) is 2.47. The third-order valence-corrected chi connectivity index (χ3v) is 2.15. The van der Waals surface area contributed by atoms with Crippen LogP contribution >= 0.6 is 11.6 Å². The van der Waals surface area contributed by atoms with E-state index in [0.717, 1.165) is 11.3 Å². The summed E-state index contributed by atoms with van der Waals surface area (Å²) in [6.45, 7) is 0. The van der Waals surface area contributed by atoms with E-state index in [2.05, 4.69) is 10.5 Å². The van der Waals surface area contributed by atoms with Crippen LogP contribution in [0.2, 0.25) is 0 Å². The number of alkyl halides is 1. The van der Waals surface area contributed by atoms with Gasteiger partial charge in [-0.2, -0.15) is 0 Å². The summed E-state index contributed by atoms with van der Waals surface area (Å²) in [5.41, 5.74) is 4.78. The van der Waals surface area contributed by atoms with Crippen LogP contribution in [0.1, 0.15) is 17.3 Å². The van der Waals surface area contributed by atoms with Crippen LogP contribution in [0, 0.1) is 0 Å². The van der Waals surface area contributed by atoms with Crippen molar-refractivity contribution in [2.75, 3.05) is 0 Å². The molecular weight excluding hydrogens is 188 g/mol. The Balaban J connectivity index is 2.17. The standard InChI is InChI=1S/C9H9ClN2O/c10-5-8-2-1-7(6-11-8)9-3-4-13-12-9/h1-4,6,9,12H,5H2. The van der Waals surface area contributed by atoms with Gasteiger partial charge in [0.1, 0.15) is 6.26 Å². The molecule has 0 amide bonds. The van der Waals surface area contributed by atoms with Gasteiger partial charge in [-0.05, 0) is 17.7 Å². The monoisotopic (exact) mass is 196 g/mol. The molecule has 0 saturated heterocycles. The Morgan fingerprint density at radius 3 is 3.00 bits per heavy atom. The third kappa shape index (κ3) is 1.82. The minimum absolute atomic E-state index is 0.108. The molecule has 0 saturated carbocycles. The molecule has 13 heavy (non-hydrogen) atoms. The highest BCUT2D eigenvalue weighted by Gasteiger charge is 2.11. The summed E-state index contributed by atoms with van der Waals surface area (Å²) >= 11 is 5.62. The molecule has 0 aromatic carbocycles. The van der Waals surface area contributed by atoms with Crippen LogP contribution < -0.4 is 5.48 Å². The molecule has 0 bridgehead atoms. The molecule has 1 N–H and O–H groups in total. The topological polar surface area (TPSA) is 34.1 Å². The number of aromatic nitrogens is 1. The van der Waals surface area contributed by atoms with E-state index in [9.17, 15) is 0 Å². The van der Waals surface area contributed by atoms with Gasteiger partial charge in [-0.1, -0.05) is 6.07 Å². The van der Waals surface area contributed by atoms with Gasteiger partial charge in [0, 0.05) is 6.20 Å². The zero-order valence-corrected chi connectivity index (χ0v) is 7.66. The lowest BCUT2D eigenvalue weighted by Gasteiger charge is -2.07. The van der Waals surface area contributed by atoms with E-state index in [-0.39, 0.29) is 6.04 Å². The SMILES string of the molecule is ClCc1ccc(C2C=CON2)cn1. The molecule has 0 aliphatic carbocycles. The molecule has 2 rings (SSSR count). The first-order chi connectivity index (χ1) is 6.40. The molecule has 1 aromatic heterocycles. The lowest BCUT2D eigenvalue weighted by atomic mass is 10.1.